The van der Waals surface area contributed by atoms with Gasteiger partial charge in [0.2, 0.25) is 5.82 Å². The molecule has 0 bridgehead atoms. The smallest absolute Gasteiger partial charge is 0.295 e. The Morgan fingerprint density at radius 2 is 1.79 bits per heavy atom. The number of hydrogen-bond donors (Lipinski definition) is 1. The third kappa shape index (κ3) is 3.05. The van der Waals surface area contributed by atoms with E-state index in [2.05, 4.69) is 4.98 Å². The SMILES string of the molecule is O=c1[nH]c(Cl)c(F)c(=O)n1CCc1ccc(Cl)cc1. The van der Waals surface area contributed by atoms with E-state index in [0.29, 0.717) is 11.4 Å². The normalized spacial score (nSPS) is 10.7. The molecule has 0 fully saturated rings. The number of aromatic amines is 1. The Hall–Kier alpha value is -1.59. The van der Waals surface area contributed by atoms with Gasteiger partial charge in [-0.15, -0.1) is 0 Å². The number of halogens is 3. The van der Waals surface area contributed by atoms with E-state index in [1.54, 1.807) is 24.3 Å². The van der Waals surface area contributed by atoms with Gasteiger partial charge in [-0.25, -0.2) is 4.79 Å². The summed E-state index contributed by atoms with van der Waals surface area (Å²) in [6, 6.07) is 6.94. The van der Waals surface area contributed by atoms with Crippen molar-refractivity contribution < 1.29 is 4.39 Å². The van der Waals surface area contributed by atoms with Gasteiger partial charge in [0.15, 0.2) is 5.15 Å². The van der Waals surface area contributed by atoms with Gasteiger partial charge in [0.1, 0.15) is 0 Å². The summed E-state index contributed by atoms with van der Waals surface area (Å²) < 4.78 is 14.1. The summed E-state index contributed by atoms with van der Waals surface area (Å²) in [5.41, 5.74) is -0.876. The fourth-order valence-electron chi connectivity index (χ4n) is 1.62. The van der Waals surface area contributed by atoms with Crippen LogP contribution in [-0.4, -0.2) is 9.55 Å². The number of aromatic nitrogens is 2. The second-order valence-corrected chi connectivity index (χ2v) is 4.71. The predicted molar refractivity (Wildman–Crippen MR) is 71.4 cm³/mol. The van der Waals surface area contributed by atoms with Crippen LogP contribution < -0.4 is 11.2 Å². The van der Waals surface area contributed by atoms with Crippen LogP contribution in [0.5, 0.6) is 0 Å². The van der Waals surface area contributed by atoms with E-state index >= 15 is 0 Å². The quantitative estimate of drug-likeness (QED) is 0.884. The largest absolute Gasteiger partial charge is 0.329 e. The van der Waals surface area contributed by atoms with Crippen molar-refractivity contribution in [3.8, 4) is 0 Å². The third-order valence-electron chi connectivity index (χ3n) is 2.62. The van der Waals surface area contributed by atoms with Gasteiger partial charge in [-0.3, -0.25) is 14.3 Å². The maximum atomic E-state index is 13.3. The Bertz CT molecular complexity index is 707. The molecule has 0 spiro atoms. The van der Waals surface area contributed by atoms with Crippen LogP contribution in [0.15, 0.2) is 33.9 Å². The van der Waals surface area contributed by atoms with E-state index in [1.165, 1.54) is 0 Å². The number of aryl methyl sites for hydroxylation is 1. The second-order valence-electron chi connectivity index (χ2n) is 3.89. The van der Waals surface area contributed by atoms with Gasteiger partial charge in [0.25, 0.3) is 5.56 Å². The molecule has 2 aromatic rings. The Kier molecular flexibility index (Phi) is 4.07. The van der Waals surface area contributed by atoms with Crippen molar-refractivity contribution in [2.45, 2.75) is 13.0 Å². The van der Waals surface area contributed by atoms with Crippen molar-refractivity contribution in [3.63, 3.8) is 0 Å². The summed E-state index contributed by atoms with van der Waals surface area (Å²) in [7, 11) is 0. The van der Waals surface area contributed by atoms with Crippen LogP contribution in [0.3, 0.4) is 0 Å². The summed E-state index contributed by atoms with van der Waals surface area (Å²) in [4.78, 5) is 25.1. The molecule has 0 aliphatic heterocycles. The summed E-state index contributed by atoms with van der Waals surface area (Å²) in [5.74, 6) is -1.16. The Morgan fingerprint density at radius 3 is 2.42 bits per heavy atom. The monoisotopic (exact) mass is 302 g/mol. The topological polar surface area (TPSA) is 54.9 Å². The van der Waals surface area contributed by atoms with E-state index in [1.807, 2.05) is 0 Å². The zero-order chi connectivity index (χ0) is 14.0. The molecular weight excluding hydrogens is 294 g/mol. The van der Waals surface area contributed by atoms with E-state index in [9.17, 15) is 14.0 Å². The van der Waals surface area contributed by atoms with Crippen LogP contribution in [0.4, 0.5) is 4.39 Å². The minimum atomic E-state index is -1.16. The fraction of sp³-hybridized carbons (Fsp3) is 0.167. The molecule has 19 heavy (non-hydrogen) atoms. The molecule has 2 rings (SSSR count). The lowest BCUT2D eigenvalue weighted by molar-refractivity contribution is 0.539. The molecular formula is C12H9Cl2FN2O2. The van der Waals surface area contributed by atoms with Gasteiger partial charge < -0.3 is 0 Å². The first kappa shape index (κ1) is 13.8. The molecule has 1 aromatic heterocycles. The van der Waals surface area contributed by atoms with Crippen LogP contribution in [0.25, 0.3) is 0 Å². The average molecular weight is 303 g/mol. The third-order valence-corrected chi connectivity index (χ3v) is 3.14. The first-order chi connectivity index (χ1) is 8.99. The lowest BCUT2D eigenvalue weighted by Gasteiger charge is -2.05. The van der Waals surface area contributed by atoms with Crippen LogP contribution in [-0.2, 0) is 13.0 Å². The summed E-state index contributed by atoms with van der Waals surface area (Å²) in [6.07, 6.45) is 0.404. The Labute approximate surface area is 117 Å². The standard InChI is InChI=1S/C12H9Cl2FN2O2/c13-8-3-1-7(2-4-8)5-6-17-11(18)9(15)10(14)16-12(17)19/h1-4H,5-6H2,(H,16,19). The van der Waals surface area contributed by atoms with Crippen molar-refractivity contribution in [2.24, 2.45) is 0 Å². The van der Waals surface area contributed by atoms with Gasteiger partial charge in [0.05, 0.1) is 0 Å². The lowest BCUT2D eigenvalue weighted by Crippen LogP contribution is -2.37. The highest BCUT2D eigenvalue weighted by atomic mass is 35.5. The molecule has 1 heterocycles. The van der Waals surface area contributed by atoms with Crippen molar-refractivity contribution in [1.82, 2.24) is 9.55 Å². The van der Waals surface area contributed by atoms with Crippen LogP contribution in [0.1, 0.15) is 5.56 Å². The Balaban J connectivity index is 2.25. The number of hydrogen-bond acceptors (Lipinski definition) is 2. The molecule has 7 heteroatoms. The van der Waals surface area contributed by atoms with Crippen molar-refractivity contribution in [3.05, 3.63) is 66.7 Å². The molecule has 100 valence electrons. The zero-order valence-corrected chi connectivity index (χ0v) is 11.1. The minimum Gasteiger partial charge on any atom is -0.295 e. The number of H-pyrrole nitrogens is 1. The van der Waals surface area contributed by atoms with Crippen LogP contribution in [0.2, 0.25) is 10.2 Å². The van der Waals surface area contributed by atoms with Crippen LogP contribution in [0, 0.1) is 5.82 Å². The molecule has 0 saturated heterocycles. The molecule has 0 atom stereocenters. The van der Waals surface area contributed by atoms with Gasteiger partial charge in [-0.2, -0.15) is 4.39 Å². The van der Waals surface area contributed by atoms with E-state index in [-0.39, 0.29) is 6.54 Å². The highest BCUT2D eigenvalue weighted by Crippen LogP contribution is 2.10. The zero-order valence-electron chi connectivity index (χ0n) is 9.62. The number of benzene rings is 1. The maximum absolute atomic E-state index is 13.3. The van der Waals surface area contributed by atoms with E-state index in [0.717, 1.165) is 10.1 Å². The molecule has 0 amide bonds. The van der Waals surface area contributed by atoms with Gasteiger partial charge >= 0.3 is 5.69 Å². The average Bonchev–Trinajstić information content (AvgIpc) is 2.38. The molecule has 4 nitrogen and oxygen atoms in total. The molecule has 0 aliphatic rings. The fourth-order valence-corrected chi connectivity index (χ4v) is 1.90. The molecule has 0 unspecified atom stereocenters. The van der Waals surface area contributed by atoms with Gasteiger partial charge in [-0.1, -0.05) is 35.3 Å². The second kappa shape index (κ2) is 5.59. The molecule has 1 aromatic carbocycles. The van der Waals surface area contributed by atoms with E-state index in [4.69, 9.17) is 23.2 Å². The van der Waals surface area contributed by atoms with Gasteiger partial charge in [0, 0.05) is 11.6 Å². The first-order valence-electron chi connectivity index (χ1n) is 5.41. The van der Waals surface area contributed by atoms with Crippen molar-refractivity contribution in [1.29, 1.82) is 0 Å². The van der Waals surface area contributed by atoms with Gasteiger partial charge in [-0.05, 0) is 24.1 Å². The summed E-state index contributed by atoms with van der Waals surface area (Å²) in [5, 5.41) is 0.0223. The maximum Gasteiger partial charge on any atom is 0.329 e. The molecule has 1 N–H and O–H groups in total. The molecule has 0 radical (unpaired) electrons. The number of rotatable bonds is 3. The van der Waals surface area contributed by atoms with Crippen molar-refractivity contribution >= 4 is 23.2 Å². The molecule has 0 saturated carbocycles. The summed E-state index contributed by atoms with van der Waals surface area (Å²) >= 11 is 11.1. The number of nitrogens with one attached hydrogen (secondary N) is 1. The number of nitrogens with zero attached hydrogens (tertiary/aromatic N) is 1. The molecule has 0 aliphatic carbocycles. The highest BCUT2D eigenvalue weighted by Gasteiger charge is 2.11. The highest BCUT2D eigenvalue weighted by molar-refractivity contribution is 6.30. The predicted octanol–water partition coefficient (Wildman–Crippen LogP) is 2.23. The first-order valence-corrected chi connectivity index (χ1v) is 6.17. The minimum absolute atomic E-state index is 0.0594. The van der Waals surface area contributed by atoms with Crippen LogP contribution >= 0.6 is 23.2 Å². The Morgan fingerprint density at radius 1 is 1.16 bits per heavy atom. The van der Waals surface area contributed by atoms with Crippen molar-refractivity contribution in [2.75, 3.05) is 0 Å². The van der Waals surface area contributed by atoms with E-state index < -0.39 is 22.2 Å². The lowest BCUT2D eigenvalue weighted by atomic mass is 10.1. The summed E-state index contributed by atoms with van der Waals surface area (Å²) in [6.45, 7) is 0.0594.